The summed E-state index contributed by atoms with van der Waals surface area (Å²) >= 11 is 0. The lowest BCUT2D eigenvalue weighted by molar-refractivity contribution is -0.134. The van der Waals surface area contributed by atoms with Crippen molar-refractivity contribution >= 4 is 25.8 Å². The number of piperazine rings is 1. The smallest absolute Gasteiger partial charge is 0.237 e. The first kappa shape index (κ1) is 32.2. The molecule has 2 aromatic carbocycles. The summed E-state index contributed by atoms with van der Waals surface area (Å²) in [4.78, 5) is 17.2. The Morgan fingerprint density at radius 1 is 0.950 bits per heavy atom. The predicted molar refractivity (Wildman–Crippen MR) is 159 cm³/mol. The van der Waals surface area contributed by atoms with E-state index in [1.807, 2.05) is 42.5 Å². The number of hydrogen-bond donors (Lipinski definition) is 1. The SMILES string of the molecule is CCN(CCCCN1CCN(S(=O)(=O)CCNCc2ccccc2)CC1=O)C(C)Cc1ccc(S(C)(=O)=O)cc1. The first-order chi connectivity index (χ1) is 19.0. The van der Waals surface area contributed by atoms with Gasteiger partial charge in [-0.15, -0.1) is 0 Å². The van der Waals surface area contributed by atoms with E-state index in [2.05, 4.69) is 24.1 Å². The average Bonchev–Trinajstić information content (AvgIpc) is 2.92. The molecule has 0 radical (unpaired) electrons. The number of carbonyl (C=O) groups excluding carboxylic acids is 1. The standard InChI is InChI=1S/C29H44N4O5S2/c1-4-31(25(2)22-26-12-14-28(15-13-26)39(3,35)36)17-8-9-18-32-19-20-33(24-29(32)34)40(37,38)21-16-30-23-27-10-6-5-7-11-27/h5-7,10-15,25,30H,4,8-9,16-24H2,1-3H3. The van der Waals surface area contributed by atoms with Gasteiger partial charge in [0.1, 0.15) is 0 Å². The molecule has 1 aliphatic rings. The lowest BCUT2D eigenvalue weighted by Gasteiger charge is -2.34. The van der Waals surface area contributed by atoms with Crippen LogP contribution in [0.2, 0.25) is 0 Å². The molecule has 3 rings (SSSR count). The number of nitrogens with zero attached hydrogens (tertiary/aromatic N) is 3. The van der Waals surface area contributed by atoms with Crippen LogP contribution in [0.5, 0.6) is 0 Å². The largest absolute Gasteiger partial charge is 0.340 e. The Morgan fingerprint density at radius 2 is 1.65 bits per heavy atom. The van der Waals surface area contributed by atoms with Gasteiger partial charge in [0.25, 0.3) is 0 Å². The van der Waals surface area contributed by atoms with Crippen molar-refractivity contribution in [2.75, 3.05) is 57.8 Å². The summed E-state index contributed by atoms with van der Waals surface area (Å²) in [5.41, 5.74) is 2.20. The van der Waals surface area contributed by atoms with Gasteiger partial charge in [-0.05, 0) is 62.5 Å². The predicted octanol–water partition coefficient (Wildman–Crippen LogP) is 2.39. The van der Waals surface area contributed by atoms with Gasteiger partial charge in [-0.25, -0.2) is 16.8 Å². The maximum Gasteiger partial charge on any atom is 0.237 e. The van der Waals surface area contributed by atoms with Gasteiger partial charge in [0.15, 0.2) is 9.84 Å². The number of amides is 1. The maximum atomic E-state index is 12.8. The Morgan fingerprint density at radius 3 is 2.27 bits per heavy atom. The van der Waals surface area contributed by atoms with Crippen molar-refractivity contribution < 1.29 is 21.6 Å². The van der Waals surface area contributed by atoms with Gasteiger partial charge in [0.2, 0.25) is 15.9 Å². The molecular weight excluding hydrogens is 548 g/mol. The normalized spacial score (nSPS) is 16.0. The molecule has 222 valence electrons. The van der Waals surface area contributed by atoms with Crippen LogP contribution in [0.3, 0.4) is 0 Å². The summed E-state index contributed by atoms with van der Waals surface area (Å²) in [6.07, 6.45) is 3.83. The van der Waals surface area contributed by atoms with Crippen LogP contribution < -0.4 is 5.32 Å². The van der Waals surface area contributed by atoms with Crippen molar-refractivity contribution in [3.63, 3.8) is 0 Å². The number of hydrogen-bond acceptors (Lipinski definition) is 7. The van der Waals surface area contributed by atoms with Crippen LogP contribution >= 0.6 is 0 Å². The second-order valence-electron chi connectivity index (χ2n) is 10.5. The minimum Gasteiger partial charge on any atom is -0.340 e. The lowest BCUT2D eigenvalue weighted by atomic mass is 10.1. The third-order valence-corrected chi connectivity index (χ3v) is 10.4. The molecule has 11 heteroatoms. The minimum atomic E-state index is -3.49. The molecule has 0 aromatic heterocycles. The van der Waals surface area contributed by atoms with Gasteiger partial charge in [-0.1, -0.05) is 49.4 Å². The quantitative estimate of drug-likeness (QED) is 0.298. The Balaban J connectivity index is 1.36. The van der Waals surface area contributed by atoms with Crippen LogP contribution in [0.4, 0.5) is 0 Å². The highest BCUT2D eigenvalue weighted by Crippen LogP contribution is 2.15. The van der Waals surface area contributed by atoms with E-state index in [4.69, 9.17) is 0 Å². The molecule has 0 saturated carbocycles. The summed E-state index contributed by atoms with van der Waals surface area (Å²) in [7, 11) is -6.69. The van der Waals surface area contributed by atoms with Crippen LogP contribution in [0.15, 0.2) is 59.5 Å². The fourth-order valence-corrected chi connectivity index (χ4v) is 6.93. The van der Waals surface area contributed by atoms with E-state index >= 15 is 0 Å². The number of rotatable bonds is 16. The molecule has 1 amide bonds. The molecule has 0 aliphatic carbocycles. The van der Waals surface area contributed by atoms with E-state index in [9.17, 15) is 21.6 Å². The summed E-state index contributed by atoms with van der Waals surface area (Å²) in [5, 5.41) is 3.17. The highest BCUT2D eigenvalue weighted by Gasteiger charge is 2.31. The van der Waals surface area contributed by atoms with Crippen molar-refractivity contribution in [1.29, 1.82) is 0 Å². The Labute approximate surface area is 240 Å². The van der Waals surface area contributed by atoms with Crippen LogP contribution in [-0.2, 0) is 37.6 Å². The number of benzene rings is 2. The Hall–Kier alpha value is -2.31. The zero-order chi connectivity index (χ0) is 29.2. The molecule has 1 aliphatic heterocycles. The van der Waals surface area contributed by atoms with E-state index in [1.165, 1.54) is 10.6 Å². The molecular formula is C29H44N4O5S2. The number of sulfonamides is 1. The van der Waals surface area contributed by atoms with Crippen LogP contribution in [0, 0.1) is 0 Å². The van der Waals surface area contributed by atoms with Crippen molar-refractivity contribution in [1.82, 2.24) is 19.4 Å². The monoisotopic (exact) mass is 592 g/mol. The van der Waals surface area contributed by atoms with Crippen LogP contribution in [0.1, 0.15) is 37.8 Å². The summed E-state index contributed by atoms with van der Waals surface area (Å²) in [6.45, 7) is 8.35. The van der Waals surface area contributed by atoms with Crippen LogP contribution in [-0.4, -0.2) is 101 Å². The summed E-state index contributed by atoms with van der Waals surface area (Å²) < 4.78 is 50.2. The molecule has 1 fully saturated rings. The lowest BCUT2D eigenvalue weighted by Crippen LogP contribution is -2.53. The maximum absolute atomic E-state index is 12.8. The molecule has 1 N–H and O–H groups in total. The molecule has 1 heterocycles. The third kappa shape index (κ3) is 9.95. The van der Waals surface area contributed by atoms with E-state index in [-0.39, 0.29) is 18.2 Å². The molecule has 1 saturated heterocycles. The van der Waals surface area contributed by atoms with E-state index in [1.54, 1.807) is 17.0 Å². The van der Waals surface area contributed by atoms with Gasteiger partial charge in [0.05, 0.1) is 17.2 Å². The van der Waals surface area contributed by atoms with Crippen molar-refractivity contribution in [3.8, 4) is 0 Å². The van der Waals surface area contributed by atoms with Gasteiger partial charge in [-0.2, -0.15) is 4.31 Å². The summed E-state index contributed by atoms with van der Waals surface area (Å²) in [5.74, 6) is -0.162. The molecule has 1 atom stereocenters. The van der Waals surface area contributed by atoms with E-state index in [0.29, 0.717) is 43.7 Å². The number of sulfone groups is 1. The van der Waals surface area contributed by atoms with Crippen LogP contribution in [0.25, 0.3) is 0 Å². The summed E-state index contributed by atoms with van der Waals surface area (Å²) in [6, 6.07) is 17.2. The molecule has 2 aromatic rings. The topological polar surface area (TPSA) is 107 Å². The first-order valence-electron chi connectivity index (χ1n) is 14.0. The first-order valence-corrected chi connectivity index (χ1v) is 17.5. The molecule has 9 nitrogen and oxygen atoms in total. The number of nitrogens with one attached hydrogen (secondary N) is 1. The minimum absolute atomic E-state index is 0.0278. The number of carbonyl (C=O) groups is 1. The van der Waals surface area contributed by atoms with Gasteiger partial charge in [-0.3, -0.25) is 4.79 Å². The highest BCUT2D eigenvalue weighted by atomic mass is 32.2. The number of likely N-dealkylation sites (N-methyl/N-ethyl adjacent to an activating group) is 1. The van der Waals surface area contributed by atoms with Crippen molar-refractivity contribution in [2.24, 2.45) is 0 Å². The second kappa shape index (κ2) is 15.1. The zero-order valence-corrected chi connectivity index (χ0v) is 25.6. The van der Waals surface area contributed by atoms with Gasteiger partial charge < -0.3 is 15.1 Å². The third-order valence-electron chi connectivity index (χ3n) is 7.42. The molecule has 40 heavy (non-hydrogen) atoms. The second-order valence-corrected chi connectivity index (χ2v) is 14.6. The number of unbranched alkanes of at least 4 members (excludes halogenated alkanes) is 1. The molecule has 0 spiro atoms. The van der Waals surface area contributed by atoms with Crippen molar-refractivity contribution in [3.05, 3.63) is 65.7 Å². The average molecular weight is 593 g/mol. The van der Waals surface area contributed by atoms with E-state index in [0.717, 1.165) is 43.5 Å². The van der Waals surface area contributed by atoms with Gasteiger partial charge >= 0.3 is 0 Å². The Bertz CT molecular complexity index is 1290. The zero-order valence-electron chi connectivity index (χ0n) is 24.0. The van der Waals surface area contributed by atoms with Crippen molar-refractivity contribution in [2.45, 2.75) is 50.6 Å². The molecule has 0 bridgehead atoms. The Kier molecular flexibility index (Phi) is 12.1. The fourth-order valence-electron chi connectivity index (χ4n) is 4.97. The van der Waals surface area contributed by atoms with Gasteiger partial charge in [0, 0.05) is 45.0 Å². The molecule has 1 unspecified atom stereocenters. The fraction of sp³-hybridized carbons (Fsp3) is 0.552. The van der Waals surface area contributed by atoms with E-state index < -0.39 is 19.9 Å². The highest BCUT2D eigenvalue weighted by molar-refractivity contribution is 7.90.